The normalized spacial score (nSPS) is 18.2. The summed E-state index contributed by atoms with van der Waals surface area (Å²) in [5, 5.41) is 3.38. The molecular weight excluding hydrogens is 188 g/mol. The van der Waals surface area contributed by atoms with Gasteiger partial charge in [-0.05, 0) is 19.4 Å². The third-order valence-corrected chi connectivity index (χ3v) is 3.03. The second-order valence-corrected chi connectivity index (χ2v) is 4.35. The Balaban J connectivity index is 1.79. The Labute approximate surface area is 94.2 Å². The molecule has 0 saturated carbocycles. The summed E-state index contributed by atoms with van der Waals surface area (Å²) in [6.07, 6.45) is 6.68. The van der Waals surface area contributed by atoms with Gasteiger partial charge in [-0.15, -0.1) is 0 Å². The van der Waals surface area contributed by atoms with Gasteiger partial charge in [-0.25, -0.2) is 0 Å². The highest BCUT2D eigenvalue weighted by Gasteiger charge is 2.07. The Morgan fingerprint density at radius 1 is 1.00 bits per heavy atom. The lowest BCUT2D eigenvalue weighted by molar-refractivity contribution is 0.191. The third-order valence-electron chi connectivity index (χ3n) is 3.03. The van der Waals surface area contributed by atoms with Crippen molar-refractivity contribution in [3.8, 4) is 0 Å². The number of hydrogen-bond donors (Lipinski definition) is 1. The number of methoxy groups -OCH3 is 1. The van der Waals surface area contributed by atoms with Crippen molar-refractivity contribution in [1.82, 2.24) is 10.2 Å². The fourth-order valence-electron chi connectivity index (χ4n) is 2.05. The smallest absolute Gasteiger partial charge is 0.0462 e. The molecule has 0 unspecified atom stereocenters. The molecule has 1 aliphatic rings. The van der Waals surface area contributed by atoms with E-state index < -0.39 is 0 Å². The zero-order chi connectivity index (χ0) is 10.8. The maximum Gasteiger partial charge on any atom is 0.0462 e. The zero-order valence-corrected chi connectivity index (χ0v) is 10.1. The Morgan fingerprint density at radius 3 is 2.40 bits per heavy atom. The van der Waals surface area contributed by atoms with Gasteiger partial charge in [-0.3, -0.25) is 0 Å². The molecule has 90 valence electrons. The van der Waals surface area contributed by atoms with Crippen LogP contribution in [-0.4, -0.2) is 51.3 Å². The summed E-state index contributed by atoms with van der Waals surface area (Å²) in [5.41, 5.74) is 0. The zero-order valence-electron chi connectivity index (χ0n) is 10.1. The second-order valence-electron chi connectivity index (χ2n) is 4.35. The first-order chi connectivity index (χ1) is 7.43. The number of nitrogens with one attached hydrogen (secondary N) is 1. The van der Waals surface area contributed by atoms with Crippen molar-refractivity contribution in [1.29, 1.82) is 0 Å². The molecule has 1 aliphatic heterocycles. The van der Waals surface area contributed by atoms with E-state index in [-0.39, 0.29) is 0 Å². The topological polar surface area (TPSA) is 24.5 Å². The molecule has 1 rings (SSSR count). The van der Waals surface area contributed by atoms with E-state index in [1.807, 2.05) is 0 Å². The first kappa shape index (κ1) is 12.9. The SMILES string of the molecule is COCCCCCCCN1CCNCC1. The highest BCUT2D eigenvalue weighted by atomic mass is 16.5. The Morgan fingerprint density at radius 2 is 1.67 bits per heavy atom. The maximum absolute atomic E-state index is 5.03. The Hall–Kier alpha value is -0.120. The van der Waals surface area contributed by atoms with Gasteiger partial charge < -0.3 is 15.0 Å². The van der Waals surface area contributed by atoms with Crippen molar-refractivity contribution in [3.05, 3.63) is 0 Å². The summed E-state index contributed by atoms with van der Waals surface area (Å²) in [7, 11) is 1.78. The van der Waals surface area contributed by atoms with Crippen LogP contribution in [0.15, 0.2) is 0 Å². The first-order valence-electron chi connectivity index (χ1n) is 6.35. The molecule has 1 fully saturated rings. The molecule has 0 radical (unpaired) electrons. The van der Waals surface area contributed by atoms with Crippen LogP contribution in [0, 0.1) is 0 Å². The van der Waals surface area contributed by atoms with Gasteiger partial charge in [0.1, 0.15) is 0 Å². The van der Waals surface area contributed by atoms with Gasteiger partial charge in [0.05, 0.1) is 0 Å². The van der Waals surface area contributed by atoms with Crippen molar-refractivity contribution >= 4 is 0 Å². The molecule has 1 saturated heterocycles. The summed E-state index contributed by atoms with van der Waals surface area (Å²) in [4.78, 5) is 2.58. The third kappa shape index (κ3) is 6.88. The summed E-state index contributed by atoms with van der Waals surface area (Å²) >= 11 is 0. The molecule has 0 aromatic heterocycles. The van der Waals surface area contributed by atoms with Crippen LogP contribution < -0.4 is 5.32 Å². The van der Waals surface area contributed by atoms with Crippen LogP contribution in [0.2, 0.25) is 0 Å². The predicted molar refractivity (Wildman–Crippen MR) is 64.3 cm³/mol. The fraction of sp³-hybridized carbons (Fsp3) is 1.00. The first-order valence-corrected chi connectivity index (χ1v) is 6.35. The molecule has 3 nitrogen and oxygen atoms in total. The van der Waals surface area contributed by atoms with Gasteiger partial charge in [-0.2, -0.15) is 0 Å². The van der Waals surface area contributed by atoms with E-state index in [1.165, 1.54) is 64.8 Å². The lowest BCUT2D eigenvalue weighted by Crippen LogP contribution is -2.43. The molecule has 0 aliphatic carbocycles. The van der Waals surface area contributed by atoms with Crippen molar-refractivity contribution < 1.29 is 4.74 Å². The van der Waals surface area contributed by atoms with Crippen LogP contribution in [0.25, 0.3) is 0 Å². The lowest BCUT2D eigenvalue weighted by atomic mass is 10.1. The summed E-state index contributed by atoms with van der Waals surface area (Å²) < 4.78 is 5.03. The largest absolute Gasteiger partial charge is 0.385 e. The van der Waals surface area contributed by atoms with Crippen LogP contribution in [0.3, 0.4) is 0 Å². The predicted octanol–water partition coefficient (Wildman–Crippen LogP) is 1.49. The minimum Gasteiger partial charge on any atom is -0.385 e. The molecule has 0 bridgehead atoms. The lowest BCUT2D eigenvalue weighted by Gasteiger charge is -2.26. The van der Waals surface area contributed by atoms with Gasteiger partial charge in [-0.1, -0.05) is 19.3 Å². The number of hydrogen-bond acceptors (Lipinski definition) is 3. The number of nitrogens with zero attached hydrogens (tertiary/aromatic N) is 1. The van der Waals surface area contributed by atoms with Crippen LogP contribution in [-0.2, 0) is 4.74 Å². The average molecular weight is 214 g/mol. The quantitative estimate of drug-likeness (QED) is 0.620. The van der Waals surface area contributed by atoms with E-state index in [0.717, 1.165) is 6.61 Å². The van der Waals surface area contributed by atoms with Crippen LogP contribution >= 0.6 is 0 Å². The van der Waals surface area contributed by atoms with Gasteiger partial charge in [0.25, 0.3) is 0 Å². The molecule has 0 spiro atoms. The van der Waals surface area contributed by atoms with Gasteiger partial charge >= 0.3 is 0 Å². The molecule has 1 heterocycles. The molecule has 0 aromatic rings. The van der Waals surface area contributed by atoms with Gasteiger partial charge in [0, 0.05) is 39.9 Å². The molecule has 3 heteroatoms. The molecule has 0 amide bonds. The highest BCUT2D eigenvalue weighted by molar-refractivity contribution is 4.67. The van der Waals surface area contributed by atoms with Gasteiger partial charge in [0.15, 0.2) is 0 Å². The minimum absolute atomic E-state index is 0.928. The fourth-order valence-corrected chi connectivity index (χ4v) is 2.05. The molecule has 1 N–H and O–H groups in total. The van der Waals surface area contributed by atoms with E-state index >= 15 is 0 Å². The average Bonchev–Trinajstić information content (AvgIpc) is 2.29. The van der Waals surface area contributed by atoms with Crippen molar-refractivity contribution in [3.63, 3.8) is 0 Å². The van der Waals surface area contributed by atoms with E-state index in [4.69, 9.17) is 4.74 Å². The molecule has 0 atom stereocenters. The Bertz CT molecular complexity index is 136. The number of unbranched alkanes of at least 4 members (excludes halogenated alkanes) is 4. The summed E-state index contributed by atoms with van der Waals surface area (Å²) in [5.74, 6) is 0. The van der Waals surface area contributed by atoms with E-state index in [2.05, 4.69) is 10.2 Å². The van der Waals surface area contributed by atoms with Crippen LogP contribution in [0.1, 0.15) is 32.1 Å². The van der Waals surface area contributed by atoms with E-state index in [0.29, 0.717) is 0 Å². The van der Waals surface area contributed by atoms with E-state index in [9.17, 15) is 0 Å². The monoisotopic (exact) mass is 214 g/mol. The molecule has 15 heavy (non-hydrogen) atoms. The molecule has 0 aromatic carbocycles. The standard InChI is InChI=1S/C12H26N2O/c1-15-12-6-4-2-3-5-9-14-10-7-13-8-11-14/h13H,2-12H2,1H3. The van der Waals surface area contributed by atoms with Crippen LogP contribution in [0.5, 0.6) is 0 Å². The van der Waals surface area contributed by atoms with Crippen LogP contribution in [0.4, 0.5) is 0 Å². The second kappa shape index (κ2) is 9.13. The van der Waals surface area contributed by atoms with Gasteiger partial charge in [0.2, 0.25) is 0 Å². The summed E-state index contributed by atoms with van der Waals surface area (Å²) in [6.45, 7) is 7.05. The maximum atomic E-state index is 5.03. The van der Waals surface area contributed by atoms with E-state index in [1.54, 1.807) is 7.11 Å². The minimum atomic E-state index is 0.928. The number of ether oxygens (including phenoxy) is 1. The van der Waals surface area contributed by atoms with Crippen molar-refractivity contribution in [2.75, 3.05) is 46.4 Å². The Kier molecular flexibility index (Phi) is 7.88. The summed E-state index contributed by atoms with van der Waals surface area (Å²) in [6, 6.07) is 0. The molecular formula is C12H26N2O. The van der Waals surface area contributed by atoms with Crippen molar-refractivity contribution in [2.24, 2.45) is 0 Å². The number of piperazine rings is 1. The number of rotatable bonds is 8. The highest BCUT2D eigenvalue weighted by Crippen LogP contribution is 2.04. The van der Waals surface area contributed by atoms with Crippen molar-refractivity contribution in [2.45, 2.75) is 32.1 Å².